The lowest BCUT2D eigenvalue weighted by molar-refractivity contribution is -0.0809. The highest BCUT2D eigenvalue weighted by Crippen LogP contribution is 2.44. The van der Waals surface area contributed by atoms with Crippen LogP contribution in [0.5, 0.6) is 11.5 Å². The van der Waals surface area contributed by atoms with Gasteiger partial charge in [-0.2, -0.15) is 0 Å². The maximum Gasteiger partial charge on any atom is 0.255 e. The van der Waals surface area contributed by atoms with Crippen molar-refractivity contribution >= 4 is 5.91 Å². The SMILES string of the molecule is COC[C@H]1[C@H](NC(=O)c2ccccc2Oc2ccccc2)[C@H]2CCO[C@H]21. The standard InChI is InChI=1S/C21H23NO4/c1-24-13-17-19(16-11-12-25-20(16)17)22-21(23)15-9-5-6-10-18(15)26-14-7-3-2-4-8-14/h2-10,16-17,19-20H,11-13H2,1H3,(H,22,23)/t16-,17+,19-,20-/m1/s1. The Morgan fingerprint density at radius 1 is 1.15 bits per heavy atom. The predicted octanol–water partition coefficient (Wildman–Crippen LogP) is 3.26. The van der Waals surface area contributed by atoms with Gasteiger partial charge < -0.3 is 19.5 Å². The van der Waals surface area contributed by atoms with Gasteiger partial charge in [0.05, 0.1) is 18.3 Å². The summed E-state index contributed by atoms with van der Waals surface area (Å²) in [7, 11) is 1.68. The van der Waals surface area contributed by atoms with Crippen LogP contribution in [-0.2, 0) is 9.47 Å². The van der Waals surface area contributed by atoms with Gasteiger partial charge in [0.15, 0.2) is 0 Å². The summed E-state index contributed by atoms with van der Waals surface area (Å²) in [5.74, 6) is 1.73. The number of hydrogen-bond acceptors (Lipinski definition) is 4. The number of nitrogens with one attached hydrogen (secondary N) is 1. The number of carbonyl (C=O) groups is 1. The molecule has 136 valence electrons. The quantitative estimate of drug-likeness (QED) is 0.866. The Balaban J connectivity index is 1.50. The van der Waals surface area contributed by atoms with E-state index in [1.165, 1.54) is 0 Å². The summed E-state index contributed by atoms with van der Waals surface area (Å²) in [6.45, 7) is 1.35. The topological polar surface area (TPSA) is 56.8 Å². The number of ether oxygens (including phenoxy) is 3. The van der Waals surface area contributed by atoms with Gasteiger partial charge in [-0.15, -0.1) is 0 Å². The van der Waals surface area contributed by atoms with Crippen molar-refractivity contribution in [2.45, 2.75) is 18.6 Å². The molecular formula is C21H23NO4. The molecule has 0 bridgehead atoms. The Morgan fingerprint density at radius 2 is 1.92 bits per heavy atom. The average molecular weight is 353 g/mol. The average Bonchev–Trinajstić information content (AvgIpc) is 3.10. The van der Waals surface area contributed by atoms with E-state index < -0.39 is 0 Å². The highest BCUT2D eigenvalue weighted by atomic mass is 16.5. The van der Waals surface area contributed by atoms with Gasteiger partial charge in [0.2, 0.25) is 0 Å². The number of rotatable bonds is 6. The normalized spacial score (nSPS) is 26.7. The van der Waals surface area contributed by atoms with Crippen molar-refractivity contribution in [2.24, 2.45) is 11.8 Å². The van der Waals surface area contributed by atoms with Gasteiger partial charge in [0, 0.05) is 31.6 Å². The Labute approximate surface area is 153 Å². The lowest BCUT2D eigenvalue weighted by Gasteiger charge is -2.47. The molecule has 5 nitrogen and oxygen atoms in total. The fourth-order valence-corrected chi connectivity index (χ4v) is 4.02. The molecule has 1 saturated heterocycles. The number of carbonyl (C=O) groups excluding carboxylic acids is 1. The van der Waals surface area contributed by atoms with E-state index in [2.05, 4.69) is 5.32 Å². The lowest BCUT2D eigenvalue weighted by atomic mass is 9.67. The number of benzene rings is 2. The van der Waals surface area contributed by atoms with E-state index in [0.29, 0.717) is 29.6 Å². The molecule has 1 heterocycles. The van der Waals surface area contributed by atoms with Crippen LogP contribution in [0.3, 0.4) is 0 Å². The van der Waals surface area contributed by atoms with E-state index in [-0.39, 0.29) is 24.0 Å². The summed E-state index contributed by atoms with van der Waals surface area (Å²) in [5, 5.41) is 3.19. The van der Waals surface area contributed by atoms with Crippen LogP contribution in [0.1, 0.15) is 16.8 Å². The molecule has 0 radical (unpaired) electrons. The number of methoxy groups -OCH3 is 1. The van der Waals surface area contributed by atoms with Gasteiger partial charge in [-0.05, 0) is 30.7 Å². The fraction of sp³-hybridized carbons (Fsp3) is 0.381. The molecule has 2 fully saturated rings. The molecule has 2 aliphatic rings. The number of para-hydroxylation sites is 2. The highest BCUT2D eigenvalue weighted by molar-refractivity contribution is 5.97. The van der Waals surface area contributed by atoms with Crippen molar-refractivity contribution in [3.8, 4) is 11.5 Å². The largest absolute Gasteiger partial charge is 0.457 e. The molecule has 4 atom stereocenters. The van der Waals surface area contributed by atoms with Crippen LogP contribution in [0.25, 0.3) is 0 Å². The summed E-state index contributed by atoms with van der Waals surface area (Å²) in [5.41, 5.74) is 0.537. The van der Waals surface area contributed by atoms with Gasteiger partial charge >= 0.3 is 0 Å². The molecule has 4 rings (SSSR count). The summed E-state index contributed by atoms with van der Waals surface area (Å²) in [6.07, 6.45) is 1.19. The number of fused-ring (bicyclic) bond motifs is 1. The lowest BCUT2D eigenvalue weighted by Crippen LogP contribution is -2.62. The highest BCUT2D eigenvalue weighted by Gasteiger charge is 2.54. The molecule has 5 heteroatoms. The minimum Gasteiger partial charge on any atom is -0.457 e. The summed E-state index contributed by atoms with van der Waals surface area (Å²) < 4.78 is 17.0. The number of hydrogen-bond donors (Lipinski definition) is 1. The van der Waals surface area contributed by atoms with Crippen LogP contribution in [0.15, 0.2) is 54.6 Å². The zero-order chi connectivity index (χ0) is 17.9. The Kier molecular flexibility index (Phi) is 4.91. The van der Waals surface area contributed by atoms with Crippen molar-refractivity contribution in [1.29, 1.82) is 0 Å². The van der Waals surface area contributed by atoms with E-state index in [0.717, 1.165) is 13.0 Å². The first-order valence-electron chi connectivity index (χ1n) is 9.01. The molecule has 1 aliphatic heterocycles. The Bertz CT molecular complexity index is 764. The maximum atomic E-state index is 12.9. The second-order valence-electron chi connectivity index (χ2n) is 6.82. The third kappa shape index (κ3) is 3.20. The molecule has 0 unspecified atom stereocenters. The van der Waals surface area contributed by atoms with E-state index >= 15 is 0 Å². The molecule has 26 heavy (non-hydrogen) atoms. The minimum absolute atomic E-state index is 0.0831. The summed E-state index contributed by atoms with van der Waals surface area (Å²) >= 11 is 0. The van der Waals surface area contributed by atoms with Crippen LogP contribution in [0.4, 0.5) is 0 Å². The van der Waals surface area contributed by atoms with Crippen LogP contribution in [0, 0.1) is 11.8 Å². The van der Waals surface area contributed by atoms with Gasteiger partial charge in [-0.3, -0.25) is 4.79 Å². The van der Waals surface area contributed by atoms with E-state index in [9.17, 15) is 4.79 Å². The maximum absolute atomic E-state index is 12.9. The summed E-state index contributed by atoms with van der Waals surface area (Å²) in [4.78, 5) is 12.9. The van der Waals surface area contributed by atoms with Crippen LogP contribution in [0.2, 0.25) is 0 Å². The molecule has 0 aromatic heterocycles. The molecule has 1 N–H and O–H groups in total. The van der Waals surface area contributed by atoms with E-state index in [1.54, 1.807) is 13.2 Å². The Hall–Kier alpha value is -2.37. The second kappa shape index (κ2) is 7.48. The summed E-state index contributed by atoms with van der Waals surface area (Å²) in [6, 6.07) is 16.9. The third-order valence-electron chi connectivity index (χ3n) is 5.29. The van der Waals surface area contributed by atoms with Gasteiger partial charge in [0.25, 0.3) is 5.91 Å². The van der Waals surface area contributed by atoms with E-state index in [4.69, 9.17) is 14.2 Å². The van der Waals surface area contributed by atoms with Gasteiger partial charge in [-0.1, -0.05) is 30.3 Å². The van der Waals surface area contributed by atoms with Gasteiger partial charge in [0.1, 0.15) is 11.5 Å². The monoisotopic (exact) mass is 353 g/mol. The smallest absolute Gasteiger partial charge is 0.255 e. The van der Waals surface area contributed by atoms with E-state index in [1.807, 2.05) is 48.5 Å². The number of amides is 1. The van der Waals surface area contributed by atoms with Crippen LogP contribution in [-0.4, -0.2) is 38.4 Å². The fourth-order valence-electron chi connectivity index (χ4n) is 4.02. The predicted molar refractivity (Wildman–Crippen MR) is 97.4 cm³/mol. The van der Waals surface area contributed by atoms with Crippen LogP contribution < -0.4 is 10.1 Å². The van der Waals surface area contributed by atoms with Crippen LogP contribution >= 0.6 is 0 Å². The molecule has 1 saturated carbocycles. The van der Waals surface area contributed by atoms with Crippen molar-refractivity contribution in [2.75, 3.05) is 20.3 Å². The zero-order valence-electron chi connectivity index (χ0n) is 14.8. The Morgan fingerprint density at radius 3 is 2.73 bits per heavy atom. The zero-order valence-corrected chi connectivity index (χ0v) is 14.8. The molecule has 2 aromatic rings. The molecular weight excluding hydrogens is 330 g/mol. The first-order chi connectivity index (χ1) is 12.8. The van der Waals surface area contributed by atoms with Crippen molar-refractivity contribution in [1.82, 2.24) is 5.32 Å². The van der Waals surface area contributed by atoms with Gasteiger partial charge in [-0.25, -0.2) is 0 Å². The second-order valence-corrected chi connectivity index (χ2v) is 6.82. The minimum atomic E-state index is -0.118. The third-order valence-corrected chi connectivity index (χ3v) is 5.29. The molecule has 1 amide bonds. The first kappa shape index (κ1) is 17.1. The van der Waals surface area contributed by atoms with Crippen molar-refractivity contribution < 1.29 is 19.0 Å². The van der Waals surface area contributed by atoms with Crippen molar-refractivity contribution in [3.05, 3.63) is 60.2 Å². The first-order valence-corrected chi connectivity index (χ1v) is 9.01. The van der Waals surface area contributed by atoms with Crippen molar-refractivity contribution in [3.63, 3.8) is 0 Å². The molecule has 2 aromatic carbocycles. The molecule has 1 aliphatic carbocycles. The molecule has 0 spiro atoms.